The average Bonchev–Trinajstić information content (AvgIpc) is 2.77. The van der Waals surface area contributed by atoms with Gasteiger partial charge in [0.1, 0.15) is 16.9 Å². The second kappa shape index (κ2) is 8.24. The van der Waals surface area contributed by atoms with Crippen molar-refractivity contribution >= 4 is 5.91 Å². The average molecular weight is 381 g/mol. The Bertz CT molecular complexity index is 1000. The molecule has 0 aliphatic carbocycles. The second-order valence-electron chi connectivity index (χ2n) is 7.23. The Balaban J connectivity index is 1.77. The largest absolute Gasteiger partial charge is 0.457 e. The van der Waals surface area contributed by atoms with Crippen LogP contribution in [0.5, 0.6) is 11.5 Å². The highest BCUT2D eigenvalue weighted by atomic mass is 16.5. The number of terminal acetylenes is 1. The zero-order valence-electron chi connectivity index (χ0n) is 16.2. The van der Waals surface area contributed by atoms with Crippen molar-refractivity contribution in [2.24, 2.45) is 0 Å². The number of ether oxygens (including phenoxy) is 1. The normalized spacial score (nSPS) is 13.3. The molecule has 3 aromatic rings. The lowest BCUT2D eigenvalue weighted by Crippen LogP contribution is -2.47. The van der Waals surface area contributed by atoms with Gasteiger partial charge >= 0.3 is 0 Å². The van der Waals surface area contributed by atoms with Crippen molar-refractivity contribution < 1.29 is 9.53 Å². The van der Waals surface area contributed by atoms with Gasteiger partial charge in [0, 0.05) is 11.1 Å². The van der Waals surface area contributed by atoms with Crippen LogP contribution in [0.1, 0.15) is 29.5 Å². The Morgan fingerprint density at radius 2 is 1.48 bits per heavy atom. The number of rotatable bonds is 6. The van der Waals surface area contributed by atoms with Gasteiger partial charge < -0.3 is 10.1 Å². The number of nitrogens with one attached hydrogen (secondary N) is 1. The molecule has 0 atom stereocenters. The highest BCUT2D eigenvalue weighted by Crippen LogP contribution is 2.50. The van der Waals surface area contributed by atoms with Crippen LogP contribution in [0.2, 0.25) is 0 Å². The molecule has 0 radical (unpaired) electrons. The topological polar surface area (TPSA) is 38.3 Å². The van der Waals surface area contributed by atoms with E-state index in [2.05, 4.69) is 23.4 Å². The van der Waals surface area contributed by atoms with Crippen LogP contribution in [0.4, 0.5) is 0 Å². The molecule has 0 aromatic heterocycles. The molecule has 29 heavy (non-hydrogen) atoms. The molecule has 1 amide bonds. The maximum Gasteiger partial charge on any atom is 0.236 e. The van der Waals surface area contributed by atoms with Crippen LogP contribution in [0.15, 0.2) is 78.9 Å². The minimum Gasteiger partial charge on any atom is -0.457 e. The fourth-order valence-corrected chi connectivity index (χ4v) is 4.19. The van der Waals surface area contributed by atoms with Gasteiger partial charge in [0.2, 0.25) is 5.91 Å². The summed E-state index contributed by atoms with van der Waals surface area (Å²) in [5.74, 6) is 3.89. The second-order valence-corrected chi connectivity index (χ2v) is 7.23. The van der Waals surface area contributed by atoms with E-state index in [-0.39, 0.29) is 12.5 Å². The molecule has 1 aliphatic heterocycles. The van der Waals surface area contributed by atoms with Gasteiger partial charge in [-0.1, -0.05) is 72.7 Å². The van der Waals surface area contributed by atoms with Gasteiger partial charge in [-0.2, -0.15) is 0 Å². The molecule has 0 saturated heterocycles. The van der Waals surface area contributed by atoms with Crippen molar-refractivity contribution in [1.82, 2.24) is 5.32 Å². The molecule has 1 aliphatic rings. The summed E-state index contributed by atoms with van der Waals surface area (Å²) in [6.45, 7) is 0.199. The highest BCUT2D eigenvalue weighted by Gasteiger charge is 2.47. The molecule has 3 aromatic carbocycles. The van der Waals surface area contributed by atoms with Crippen molar-refractivity contribution in [1.29, 1.82) is 0 Å². The summed E-state index contributed by atoms with van der Waals surface area (Å²) in [5, 5.41) is 2.94. The molecule has 0 unspecified atom stereocenters. The lowest BCUT2D eigenvalue weighted by atomic mass is 9.68. The Labute approximate surface area is 171 Å². The lowest BCUT2D eigenvalue weighted by Gasteiger charge is -2.39. The number of para-hydroxylation sites is 2. The minimum atomic E-state index is -0.836. The molecule has 3 heteroatoms. The van der Waals surface area contributed by atoms with Gasteiger partial charge in [-0.05, 0) is 37.0 Å². The van der Waals surface area contributed by atoms with E-state index in [1.54, 1.807) is 0 Å². The van der Waals surface area contributed by atoms with Crippen LogP contribution in [0, 0.1) is 12.3 Å². The molecule has 3 nitrogen and oxygen atoms in total. The quantitative estimate of drug-likeness (QED) is 0.620. The fraction of sp³-hybridized carbons (Fsp3) is 0.192. The van der Waals surface area contributed by atoms with Crippen molar-refractivity contribution in [2.45, 2.75) is 24.7 Å². The molecule has 0 bridgehead atoms. The lowest BCUT2D eigenvalue weighted by molar-refractivity contribution is -0.125. The Hall–Kier alpha value is -3.51. The van der Waals surface area contributed by atoms with Gasteiger partial charge in [0.25, 0.3) is 0 Å². The fourth-order valence-electron chi connectivity index (χ4n) is 4.19. The number of carbonyl (C=O) groups excluding carboxylic acids is 1. The molecule has 1 heterocycles. The Kier molecular flexibility index (Phi) is 5.35. The van der Waals surface area contributed by atoms with Gasteiger partial charge in [-0.3, -0.25) is 4.79 Å². The summed E-state index contributed by atoms with van der Waals surface area (Å²) >= 11 is 0. The van der Waals surface area contributed by atoms with Crippen molar-refractivity contribution in [3.63, 3.8) is 0 Å². The molecule has 144 valence electrons. The number of aryl methyl sites for hydroxylation is 1. The number of carbonyl (C=O) groups is 1. The number of hydrogen-bond acceptors (Lipinski definition) is 2. The number of benzene rings is 3. The van der Waals surface area contributed by atoms with Crippen LogP contribution >= 0.6 is 0 Å². The van der Waals surface area contributed by atoms with E-state index in [9.17, 15) is 4.79 Å². The SMILES string of the molecule is C#CCNC(=O)C1(CCCc2ccccc2)c2ccccc2Oc2ccccc21. The van der Waals surface area contributed by atoms with Crippen molar-refractivity contribution in [2.75, 3.05) is 6.54 Å². The van der Waals surface area contributed by atoms with Gasteiger partial charge in [-0.15, -0.1) is 6.42 Å². The number of fused-ring (bicyclic) bond motifs is 2. The van der Waals surface area contributed by atoms with Gasteiger partial charge in [0.05, 0.1) is 6.54 Å². The summed E-state index contributed by atoms with van der Waals surface area (Å²) in [6.07, 6.45) is 7.84. The minimum absolute atomic E-state index is 0.0771. The Morgan fingerprint density at radius 3 is 2.10 bits per heavy atom. The number of amides is 1. The predicted octanol–water partition coefficient (Wildman–Crippen LogP) is 4.85. The van der Waals surface area contributed by atoms with E-state index in [1.165, 1.54) is 5.56 Å². The number of hydrogen-bond donors (Lipinski definition) is 1. The molecular weight excluding hydrogens is 358 g/mol. The summed E-state index contributed by atoms with van der Waals surface area (Å²) in [5.41, 5.74) is 2.21. The van der Waals surface area contributed by atoms with Crippen LogP contribution in [-0.4, -0.2) is 12.5 Å². The van der Waals surface area contributed by atoms with E-state index in [4.69, 9.17) is 11.2 Å². The molecular formula is C26H23NO2. The molecule has 0 fully saturated rings. The first-order chi connectivity index (χ1) is 14.3. The van der Waals surface area contributed by atoms with Crippen LogP contribution in [0.25, 0.3) is 0 Å². The first kappa shape index (κ1) is 18.8. The first-order valence-electron chi connectivity index (χ1n) is 9.88. The van der Waals surface area contributed by atoms with E-state index in [1.807, 2.05) is 66.7 Å². The summed E-state index contributed by atoms with van der Waals surface area (Å²) in [7, 11) is 0. The predicted molar refractivity (Wildman–Crippen MR) is 115 cm³/mol. The van der Waals surface area contributed by atoms with E-state index in [0.717, 1.165) is 35.5 Å². The highest BCUT2D eigenvalue weighted by molar-refractivity contribution is 5.94. The third-order valence-corrected chi connectivity index (χ3v) is 5.51. The molecule has 4 rings (SSSR count). The van der Waals surface area contributed by atoms with Crippen LogP contribution in [0.3, 0.4) is 0 Å². The first-order valence-corrected chi connectivity index (χ1v) is 9.88. The van der Waals surface area contributed by atoms with Crippen molar-refractivity contribution in [3.05, 3.63) is 95.6 Å². The van der Waals surface area contributed by atoms with Crippen molar-refractivity contribution in [3.8, 4) is 23.8 Å². The van der Waals surface area contributed by atoms with E-state index < -0.39 is 5.41 Å². The zero-order valence-corrected chi connectivity index (χ0v) is 16.2. The maximum absolute atomic E-state index is 13.6. The maximum atomic E-state index is 13.6. The van der Waals surface area contributed by atoms with Crippen LogP contribution in [-0.2, 0) is 16.6 Å². The van der Waals surface area contributed by atoms with Gasteiger partial charge in [0.15, 0.2) is 0 Å². The van der Waals surface area contributed by atoms with Crippen LogP contribution < -0.4 is 10.1 Å². The standard InChI is InChI=1S/C26H23NO2/c1-2-19-27-25(28)26(18-10-13-20-11-4-3-5-12-20)21-14-6-8-16-23(21)29-24-17-9-7-15-22(24)26/h1,3-9,11-12,14-17H,10,13,18-19H2,(H,27,28). The van der Waals surface area contributed by atoms with E-state index in [0.29, 0.717) is 6.42 Å². The molecule has 0 spiro atoms. The summed E-state index contributed by atoms with van der Waals surface area (Å²) in [6, 6.07) is 25.9. The monoisotopic (exact) mass is 381 g/mol. The van der Waals surface area contributed by atoms with Gasteiger partial charge in [-0.25, -0.2) is 0 Å². The summed E-state index contributed by atoms with van der Waals surface area (Å²) < 4.78 is 6.13. The third-order valence-electron chi connectivity index (χ3n) is 5.51. The molecule has 0 saturated carbocycles. The smallest absolute Gasteiger partial charge is 0.236 e. The molecule has 1 N–H and O–H groups in total. The van der Waals surface area contributed by atoms with E-state index >= 15 is 0 Å². The summed E-state index contributed by atoms with van der Waals surface area (Å²) in [4.78, 5) is 13.6. The third kappa shape index (κ3) is 3.50. The Morgan fingerprint density at radius 1 is 0.897 bits per heavy atom. The zero-order chi connectivity index (χ0) is 20.1.